The van der Waals surface area contributed by atoms with Crippen LogP contribution in [-0.4, -0.2) is 74.6 Å². The Labute approximate surface area is 193 Å². The highest BCUT2D eigenvalue weighted by molar-refractivity contribution is 5.94. The average molecular weight is 469 g/mol. The van der Waals surface area contributed by atoms with Gasteiger partial charge in [0.15, 0.2) is 0 Å². The maximum Gasteiger partial charge on any atom is 0.328 e. The molecule has 8 N–H and O–H groups in total. The molecule has 0 fully saturated rings. The highest BCUT2D eigenvalue weighted by Gasteiger charge is 2.33. The second-order valence-corrected chi connectivity index (χ2v) is 8.21. The van der Waals surface area contributed by atoms with Crippen molar-refractivity contribution in [2.45, 2.75) is 71.1 Å². The lowest BCUT2D eigenvalue weighted by molar-refractivity contribution is -0.143. The first-order chi connectivity index (χ1) is 15.5. The van der Waals surface area contributed by atoms with Gasteiger partial charge in [-0.3, -0.25) is 14.4 Å². The van der Waals surface area contributed by atoms with Crippen LogP contribution in [0.3, 0.4) is 0 Å². The predicted molar refractivity (Wildman–Crippen MR) is 120 cm³/mol. The summed E-state index contributed by atoms with van der Waals surface area (Å²) in [6, 6.07) is -4.46. The molecule has 12 nitrogen and oxygen atoms in total. The Kier molecular flexibility index (Phi) is 11.5. The number of imidazole rings is 1. The van der Waals surface area contributed by atoms with E-state index < -0.39 is 54.5 Å². The fraction of sp³-hybridized carbons (Fsp3) is 0.667. The van der Waals surface area contributed by atoms with Gasteiger partial charge in [0.1, 0.15) is 18.1 Å². The third-order valence-corrected chi connectivity index (χ3v) is 5.76. The summed E-state index contributed by atoms with van der Waals surface area (Å²) in [4.78, 5) is 56.4. The van der Waals surface area contributed by atoms with Crippen molar-refractivity contribution in [3.8, 4) is 0 Å². The van der Waals surface area contributed by atoms with Crippen molar-refractivity contribution in [1.82, 2.24) is 25.9 Å². The maximum absolute atomic E-state index is 13.1. The van der Waals surface area contributed by atoms with Gasteiger partial charge in [0.05, 0.1) is 19.0 Å². The summed E-state index contributed by atoms with van der Waals surface area (Å²) < 4.78 is 0. The van der Waals surface area contributed by atoms with E-state index in [2.05, 4.69) is 25.9 Å². The highest BCUT2D eigenvalue weighted by Crippen LogP contribution is 2.12. The Bertz CT molecular complexity index is 786. The number of H-pyrrole nitrogens is 1. The Hall–Kier alpha value is -2.99. The van der Waals surface area contributed by atoms with Gasteiger partial charge in [0, 0.05) is 18.3 Å². The number of carbonyl (C=O) groups excluding carboxylic acids is 3. The minimum atomic E-state index is -1.53. The molecule has 0 bridgehead atoms. The monoisotopic (exact) mass is 468 g/mol. The summed E-state index contributed by atoms with van der Waals surface area (Å²) in [5.41, 5.74) is 6.52. The van der Waals surface area contributed by atoms with Gasteiger partial charge < -0.3 is 36.9 Å². The van der Waals surface area contributed by atoms with E-state index in [-0.39, 0.29) is 18.3 Å². The summed E-state index contributed by atoms with van der Waals surface area (Å²) in [6.45, 7) is 6.58. The van der Waals surface area contributed by atoms with Gasteiger partial charge in [-0.05, 0) is 11.8 Å². The van der Waals surface area contributed by atoms with Crippen LogP contribution in [0.25, 0.3) is 0 Å². The molecule has 1 aromatic rings. The van der Waals surface area contributed by atoms with Crippen LogP contribution < -0.4 is 21.7 Å². The number of hydrogen-bond donors (Lipinski definition) is 7. The van der Waals surface area contributed by atoms with Crippen molar-refractivity contribution < 1.29 is 29.4 Å². The van der Waals surface area contributed by atoms with Crippen LogP contribution in [0.5, 0.6) is 0 Å². The van der Waals surface area contributed by atoms with Crippen molar-refractivity contribution in [3.63, 3.8) is 0 Å². The molecule has 1 rings (SSSR count). The van der Waals surface area contributed by atoms with Gasteiger partial charge in [-0.2, -0.15) is 0 Å². The first kappa shape index (κ1) is 28.0. The van der Waals surface area contributed by atoms with Crippen LogP contribution >= 0.6 is 0 Å². The number of aromatic amines is 1. The van der Waals surface area contributed by atoms with E-state index in [4.69, 9.17) is 10.8 Å². The minimum absolute atomic E-state index is 0.0110. The number of aromatic nitrogens is 2. The van der Waals surface area contributed by atoms with Crippen LogP contribution in [0.15, 0.2) is 12.5 Å². The second-order valence-electron chi connectivity index (χ2n) is 8.21. The summed E-state index contributed by atoms with van der Waals surface area (Å²) in [7, 11) is 0. The van der Waals surface area contributed by atoms with Crippen LogP contribution in [0, 0.1) is 11.8 Å². The standard InChI is InChI=1S/C21H36N6O6/c1-5-11(3)16(22)19(30)27-17(12(4)6-2)20(31)25-14(7-13-8-23-10-24-13)18(29)26-15(9-28)21(32)33/h8,10-12,14-17,28H,5-7,9,22H2,1-4H3,(H,23,24)(H,25,31)(H,26,29)(H,27,30)(H,32,33). The van der Waals surface area contributed by atoms with E-state index in [0.29, 0.717) is 18.5 Å². The van der Waals surface area contributed by atoms with Crippen molar-refractivity contribution in [3.05, 3.63) is 18.2 Å². The molecule has 0 spiro atoms. The molecule has 0 aliphatic heterocycles. The lowest BCUT2D eigenvalue weighted by Gasteiger charge is -2.28. The molecule has 6 atom stereocenters. The third-order valence-electron chi connectivity index (χ3n) is 5.76. The molecular weight excluding hydrogens is 432 g/mol. The molecule has 33 heavy (non-hydrogen) atoms. The molecule has 0 aliphatic rings. The van der Waals surface area contributed by atoms with Gasteiger partial charge in [-0.15, -0.1) is 0 Å². The van der Waals surface area contributed by atoms with Gasteiger partial charge in [-0.25, -0.2) is 9.78 Å². The highest BCUT2D eigenvalue weighted by atomic mass is 16.4. The van der Waals surface area contributed by atoms with Gasteiger partial charge >= 0.3 is 5.97 Å². The SMILES string of the molecule is CCC(C)C(N)C(=O)NC(C(=O)NC(Cc1cnc[nH]1)C(=O)NC(CO)C(=O)O)C(C)CC. The predicted octanol–water partition coefficient (Wildman–Crippen LogP) is -1.10. The lowest BCUT2D eigenvalue weighted by Crippen LogP contribution is -2.59. The van der Waals surface area contributed by atoms with E-state index in [1.54, 1.807) is 6.92 Å². The molecule has 0 radical (unpaired) electrons. The van der Waals surface area contributed by atoms with Crippen LogP contribution in [-0.2, 0) is 25.6 Å². The van der Waals surface area contributed by atoms with Crippen LogP contribution in [0.4, 0.5) is 0 Å². The summed E-state index contributed by atoms with van der Waals surface area (Å²) in [5.74, 6) is -3.64. The van der Waals surface area contributed by atoms with Gasteiger partial charge in [-0.1, -0.05) is 40.5 Å². The molecule has 6 unspecified atom stereocenters. The molecule has 12 heteroatoms. The molecule has 186 valence electrons. The number of carboxylic acids is 1. The molecule has 0 saturated heterocycles. The van der Waals surface area contributed by atoms with E-state index >= 15 is 0 Å². The zero-order valence-corrected chi connectivity index (χ0v) is 19.5. The summed E-state index contributed by atoms with van der Waals surface area (Å²) >= 11 is 0. The average Bonchev–Trinajstić information content (AvgIpc) is 3.31. The zero-order valence-electron chi connectivity index (χ0n) is 19.5. The molecule has 1 aromatic heterocycles. The first-order valence-corrected chi connectivity index (χ1v) is 11.0. The fourth-order valence-corrected chi connectivity index (χ4v) is 3.01. The number of aliphatic carboxylic acids is 1. The molecule has 3 amide bonds. The Balaban J connectivity index is 3.07. The lowest BCUT2D eigenvalue weighted by atomic mass is 9.95. The van der Waals surface area contributed by atoms with Gasteiger partial charge in [0.2, 0.25) is 17.7 Å². The molecule has 0 aromatic carbocycles. The van der Waals surface area contributed by atoms with Crippen molar-refractivity contribution in [1.29, 1.82) is 0 Å². The summed E-state index contributed by atoms with van der Waals surface area (Å²) in [5, 5.41) is 25.8. The molecule has 1 heterocycles. The number of nitrogens with two attached hydrogens (primary N) is 1. The Morgan fingerprint density at radius 2 is 1.61 bits per heavy atom. The number of nitrogens with zero attached hydrogens (tertiary/aromatic N) is 1. The Morgan fingerprint density at radius 1 is 1.00 bits per heavy atom. The quantitative estimate of drug-likeness (QED) is 0.178. The molecule has 0 saturated carbocycles. The number of amides is 3. The minimum Gasteiger partial charge on any atom is -0.480 e. The second kappa shape index (κ2) is 13.5. The zero-order chi connectivity index (χ0) is 25.1. The van der Waals surface area contributed by atoms with E-state index in [1.165, 1.54) is 12.5 Å². The number of hydrogen-bond acceptors (Lipinski definition) is 7. The largest absolute Gasteiger partial charge is 0.480 e. The third kappa shape index (κ3) is 8.46. The normalized spacial score (nSPS) is 16.5. The van der Waals surface area contributed by atoms with E-state index in [9.17, 15) is 24.3 Å². The smallest absolute Gasteiger partial charge is 0.328 e. The number of carboxylic acid groups (broad SMARTS) is 1. The number of aliphatic hydroxyl groups is 1. The van der Waals surface area contributed by atoms with E-state index in [0.717, 1.165) is 0 Å². The number of carbonyl (C=O) groups is 4. The van der Waals surface area contributed by atoms with Crippen molar-refractivity contribution in [2.24, 2.45) is 17.6 Å². The van der Waals surface area contributed by atoms with Crippen molar-refractivity contribution >= 4 is 23.7 Å². The number of aliphatic hydroxyl groups excluding tert-OH is 1. The van der Waals surface area contributed by atoms with Crippen LogP contribution in [0.1, 0.15) is 46.2 Å². The summed E-state index contributed by atoms with van der Waals surface area (Å²) in [6.07, 6.45) is 4.12. The number of nitrogens with one attached hydrogen (secondary N) is 4. The molecular formula is C21H36N6O6. The first-order valence-electron chi connectivity index (χ1n) is 11.0. The van der Waals surface area contributed by atoms with Gasteiger partial charge in [0.25, 0.3) is 0 Å². The topological polar surface area (TPSA) is 200 Å². The maximum atomic E-state index is 13.1. The van der Waals surface area contributed by atoms with Crippen LogP contribution in [0.2, 0.25) is 0 Å². The number of rotatable bonds is 14. The van der Waals surface area contributed by atoms with E-state index in [1.807, 2.05) is 20.8 Å². The molecule has 0 aliphatic carbocycles. The Morgan fingerprint density at radius 3 is 2.09 bits per heavy atom. The van der Waals surface area contributed by atoms with Crippen molar-refractivity contribution in [2.75, 3.05) is 6.61 Å². The fourth-order valence-electron chi connectivity index (χ4n) is 3.01.